The first-order valence-electron chi connectivity index (χ1n) is 9.43. The van der Waals surface area contributed by atoms with Crippen LogP contribution in [0.1, 0.15) is 18.5 Å². The fraction of sp³-hybridized carbons (Fsp3) is 0.130. The van der Waals surface area contributed by atoms with E-state index in [9.17, 15) is 8.78 Å². The van der Waals surface area contributed by atoms with Gasteiger partial charge in [0, 0.05) is 47.2 Å². The van der Waals surface area contributed by atoms with E-state index in [1.807, 2.05) is 48.4 Å². The molecule has 144 valence electrons. The Labute approximate surface area is 166 Å². The minimum Gasteiger partial charge on any atom is -0.354 e. The number of fused-ring (bicyclic) bond motifs is 1. The summed E-state index contributed by atoms with van der Waals surface area (Å²) in [6, 6.07) is 14.1. The number of H-pyrrole nitrogens is 1. The van der Waals surface area contributed by atoms with E-state index >= 15 is 0 Å². The molecule has 1 N–H and O–H groups in total. The average Bonchev–Trinajstić information content (AvgIpc) is 3.33. The van der Waals surface area contributed by atoms with E-state index in [0.717, 1.165) is 52.3 Å². The number of rotatable bonds is 3. The van der Waals surface area contributed by atoms with Gasteiger partial charge in [-0.1, -0.05) is 12.1 Å². The van der Waals surface area contributed by atoms with Crippen molar-refractivity contribution >= 4 is 22.7 Å². The predicted octanol–water partition coefficient (Wildman–Crippen LogP) is 5.72. The number of benzene rings is 2. The van der Waals surface area contributed by atoms with Gasteiger partial charge in [-0.3, -0.25) is 9.67 Å². The zero-order valence-electron chi connectivity index (χ0n) is 15.8. The number of aryl methyl sites for hydroxylation is 1. The third-order valence-electron chi connectivity index (χ3n) is 5.25. The van der Waals surface area contributed by atoms with Crippen LogP contribution in [0.3, 0.4) is 0 Å². The minimum absolute atomic E-state index is 0.218. The Balaban J connectivity index is 1.56. The SMILES string of the molecule is Cn1nc(C2=CN=CCC2)cc1-c1ccc2[nH]c(-c3cccc(F)c3F)cc2c1. The van der Waals surface area contributed by atoms with Crippen LogP contribution in [0.25, 0.3) is 39.0 Å². The Morgan fingerprint density at radius 2 is 1.97 bits per heavy atom. The van der Waals surface area contributed by atoms with Gasteiger partial charge in [0.1, 0.15) is 0 Å². The topological polar surface area (TPSA) is 46.0 Å². The van der Waals surface area contributed by atoms with Crippen LogP contribution in [0, 0.1) is 11.6 Å². The maximum atomic E-state index is 14.2. The van der Waals surface area contributed by atoms with Crippen LogP contribution in [-0.4, -0.2) is 21.0 Å². The molecular formula is C23H18F2N4. The maximum absolute atomic E-state index is 14.2. The number of aliphatic imine (C=N–C) groups is 1. The summed E-state index contributed by atoms with van der Waals surface area (Å²) >= 11 is 0. The van der Waals surface area contributed by atoms with Crippen LogP contribution < -0.4 is 0 Å². The summed E-state index contributed by atoms with van der Waals surface area (Å²) < 4.78 is 29.6. The molecule has 0 aliphatic carbocycles. The Morgan fingerprint density at radius 3 is 2.79 bits per heavy atom. The molecule has 2 aromatic carbocycles. The van der Waals surface area contributed by atoms with E-state index in [0.29, 0.717) is 5.69 Å². The summed E-state index contributed by atoms with van der Waals surface area (Å²) in [5.74, 6) is -1.70. The second-order valence-corrected chi connectivity index (χ2v) is 7.15. The molecule has 2 aromatic heterocycles. The van der Waals surface area contributed by atoms with Crippen molar-refractivity contribution in [1.82, 2.24) is 14.8 Å². The summed E-state index contributed by atoms with van der Waals surface area (Å²) in [5, 5.41) is 5.56. The average molecular weight is 388 g/mol. The molecular weight excluding hydrogens is 370 g/mol. The van der Waals surface area contributed by atoms with Gasteiger partial charge < -0.3 is 4.98 Å². The molecule has 0 saturated carbocycles. The van der Waals surface area contributed by atoms with Crippen molar-refractivity contribution in [2.75, 3.05) is 0 Å². The highest BCUT2D eigenvalue weighted by Gasteiger charge is 2.15. The van der Waals surface area contributed by atoms with Crippen LogP contribution in [0.15, 0.2) is 59.7 Å². The Kier molecular flexibility index (Phi) is 4.12. The molecule has 0 saturated heterocycles. The number of nitrogens with zero attached hydrogens (tertiary/aromatic N) is 3. The fourth-order valence-electron chi connectivity index (χ4n) is 3.74. The quantitative estimate of drug-likeness (QED) is 0.479. The lowest BCUT2D eigenvalue weighted by Crippen LogP contribution is -1.95. The number of hydrogen-bond acceptors (Lipinski definition) is 2. The molecule has 0 fully saturated rings. The summed E-state index contributed by atoms with van der Waals surface area (Å²) in [6.07, 6.45) is 5.63. The molecule has 0 spiro atoms. The van der Waals surface area contributed by atoms with E-state index in [4.69, 9.17) is 0 Å². The van der Waals surface area contributed by atoms with Crippen LogP contribution in [0.5, 0.6) is 0 Å². The zero-order valence-corrected chi connectivity index (χ0v) is 15.8. The summed E-state index contributed by atoms with van der Waals surface area (Å²) in [4.78, 5) is 7.41. The van der Waals surface area contributed by atoms with Crippen LogP contribution in [-0.2, 0) is 7.05 Å². The van der Waals surface area contributed by atoms with Gasteiger partial charge in [-0.2, -0.15) is 5.10 Å². The van der Waals surface area contributed by atoms with E-state index < -0.39 is 11.6 Å². The number of aromatic nitrogens is 3. The first-order chi connectivity index (χ1) is 14.1. The normalized spacial score (nSPS) is 13.8. The minimum atomic E-state index is -0.856. The predicted molar refractivity (Wildman–Crippen MR) is 112 cm³/mol. The van der Waals surface area contributed by atoms with Gasteiger partial charge in [0.15, 0.2) is 11.6 Å². The fourth-order valence-corrected chi connectivity index (χ4v) is 3.74. The lowest BCUT2D eigenvalue weighted by atomic mass is 10.0. The van der Waals surface area contributed by atoms with E-state index in [-0.39, 0.29) is 5.56 Å². The van der Waals surface area contributed by atoms with Crippen LogP contribution in [0.4, 0.5) is 8.78 Å². The van der Waals surface area contributed by atoms with Crippen molar-refractivity contribution in [3.8, 4) is 22.5 Å². The van der Waals surface area contributed by atoms with Gasteiger partial charge in [0.05, 0.1) is 11.4 Å². The molecule has 0 bridgehead atoms. The molecule has 1 aliphatic heterocycles. The number of nitrogens with one attached hydrogen (secondary N) is 1. The van der Waals surface area contributed by atoms with Crippen LogP contribution in [0.2, 0.25) is 0 Å². The van der Waals surface area contributed by atoms with Gasteiger partial charge in [0.2, 0.25) is 0 Å². The highest BCUT2D eigenvalue weighted by atomic mass is 19.2. The standard InChI is InChI=1S/C23H18F2N4/c1-29-22(12-20(28-29)15-4-3-9-26-13-15)14-7-8-19-16(10-14)11-21(27-19)17-5-2-6-18(24)23(17)25/h2,5-13,27H,3-4H2,1H3. The second-order valence-electron chi connectivity index (χ2n) is 7.15. The summed E-state index contributed by atoms with van der Waals surface area (Å²) in [7, 11) is 1.92. The first-order valence-corrected chi connectivity index (χ1v) is 9.43. The summed E-state index contributed by atoms with van der Waals surface area (Å²) in [5.41, 5.74) is 5.66. The maximum Gasteiger partial charge on any atom is 0.168 e. The molecule has 29 heavy (non-hydrogen) atoms. The molecule has 6 heteroatoms. The summed E-state index contributed by atoms with van der Waals surface area (Å²) in [6.45, 7) is 0. The third-order valence-corrected chi connectivity index (χ3v) is 5.25. The Bertz CT molecular complexity index is 1290. The van der Waals surface area contributed by atoms with Gasteiger partial charge in [-0.15, -0.1) is 0 Å². The second kappa shape index (κ2) is 6.81. The van der Waals surface area contributed by atoms with Crippen molar-refractivity contribution < 1.29 is 8.78 Å². The molecule has 4 aromatic rings. The molecule has 3 heterocycles. The van der Waals surface area contributed by atoms with Gasteiger partial charge in [-0.25, -0.2) is 8.78 Å². The third kappa shape index (κ3) is 3.06. The van der Waals surface area contributed by atoms with Gasteiger partial charge in [0.25, 0.3) is 0 Å². The van der Waals surface area contributed by atoms with E-state index in [1.54, 1.807) is 6.07 Å². The lowest BCUT2D eigenvalue weighted by molar-refractivity contribution is 0.511. The zero-order chi connectivity index (χ0) is 20.0. The number of allylic oxidation sites excluding steroid dienone is 1. The van der Waals surface area contributed by atoms with Crippen molar-refractivity contribution in [3.63, 3.8) is 0 Å². The molecule has 4 nitrogen and oxygen atoms in total. The first kappa shape index (κ1) is 17.6. The molecule has 0 amide bonds. The Hall–Kier alpha value is -3.54. The smallest absolute Gasteiger partial charge is 0.168 e. The molecule has 5 rings (SSSR count). The van der Waals surface area contributed by atoms with Gasteiger partial charge in [-0.05, 0) is 54.8 Å². The lowest BCUT2D eigenvalue weighted by Gasteiger charge is -2.03. The Morgan fingerprint density at radius 1 is 1.07 bits per heavy atom. The molecule has 0 unspecified atom stereocenters. The molecule has 0 atom stereocenters. The van der Waals surface area contributed by atoms with E-state index in [1.165, 1.54) is 6.07 Å². The van der Waals surface area contributed by atoms with Crippen molar-refractivity contribution in [2.45, 2.75) is 12.8 Å². The van der Waals surface area contributed by atoms with E-state index in [2.05, 4.69) is 21.1 Å². The van der Waals surface area contributed by atoms with Crippen molar-refractivity contribution in [1.29, 1.82) is 0 Å². The highest BCUT2D eigenvalue weighted by molar-refractivity contribution is 5.89. The molecule has 1 aliphatic rings. The molecule has 0 radical (unpaired) electrons. The van der Waals surface area contributed by atoms with Crippen molar-refractivity contribution in [2.24, 2.45) is 12.0 Å². The highest BCUT2D eigenvalue weighted by Crippen LogP contribution is 2.31. The number of halogens is 2. The van der Waals surface area contributed by atoms with Gasteiger partial charge >= 0.3 is 0 Å². The van der Waals surface area contributed by atoms with Crippen LogP contribution >= 0.6 is 0 Å². The number of aromatic amines is 1. The number of hydrogen-bond donors (Lipinski definition) is 1. The van der Waals surface area contributed by atoms with Crippen molar-refractivity contribution in [3.05, 3.63) is 72.1 Å². The largest absolute Gasteiger partial charge is 0.354 e. The monoisotopic (exact) mass is 388 g/mol.